The first-order chi connectivity index (χ1) is 11.2. The van der Waals surface area contributed by atoms with Crippen molar-refractivity contribution in [1.29, 1.82) is 0 Å². The predicted molar refractivity (Wildman–Crippen MR) is 93.2 cm³/mol. The molecular weight excluding hydrogens is 286 g/mol. The van der Waals surface area contributed by atoms with Crippen molar-refractivity contribution in [1.82, 2.24) is 9.80 Å². The van der Waals surface area contributed by atoms with Crippen molar-refractivity contribution in [3.05, 3.63) is 35.9 Å². The second-order valence-electron chi connectivity index (χ2n) is 7.14. The number of nitrogens with two attached hydrogens (primary N) is 1. The van der Waals surface area contributed by atoms with E-state index in [-0.39, 0.29) is 0 Å². The van der Waals surface area contributed by atoms with Crippen LogP contribution in [0.5, 0.6) is 0 Å². The third-order valence-electron chi connectivity index (χ3n) is 5.53. The normalized spacial score (nSPS) is 29.0. The molecule has 3 rings (SSSR count). The fraction of sp³-hybridized carbons (Fsp3) is 0.632. The monoisotopic (exact) mass is 315 g/mol. The summed E-state index contributed by atoms with van der Waals surface area (Å²) in [6.07, 6.45) is 3.54. The maximum Gasteiger partial charge on any atom is 0.236 e. The number of hydrogen-bond acceptors (Lipinski definition) is 3. The lowest BCUT2D eigenvalue weighted by atomic mass is 9.89. The summed E-state index contributed by atoms with van der Waals surface area (Å²) < 4.78 is 0. The topological polar surface area (TPSA) is 49.6 Å². The molecule has 0 saturated carbocycles. The maximum absolute atomic E-state index is 12.7. The van der Waals surface area contributed by atoms with Gasteiger partial charge in [0, 0.05) is 31.6 Å². The SMILES string of the molecule is CC1CCCCN1C(=O)CN1C[C@@H](CN)[C@H](c2ccccc2)C1. The molecule has 4 heteroatoms. The van der Waals surface area contributed by atoms with E-state index >= 15 is 0 Å². The minimum absolute atomic E-state index is 0.293. The van der Waals surface area contributed by atoms with E-state index in [0.717, 1.165) is 32.5 Å². The van der Waals surface area contributed by atoms with Crippen LogP contribution in [0.2, 0.25) is 0 Å². The number of piperidine rings is 1. The minimum Gasteiger partial charge on any atom is -0.339 e. The largest absolute Gasteiger partial charge is 0.339 e. The molecule has 0 aromatic heterocycles. The molecule has 0 aliphatic carbocycles. The number of carbonyl (C=O) groups is 1. The van der Waals surface area contributed by atoms with E-state index in [0.29, 0.717) is 36.9 Å². The molecule has 126 valence electrons. The molecule has 1 aromatic rings. The lowest BCUT2D eigenvalue weighted by molar-refractivity contribution is -0.135. The molecule has 2 heterocycles. The highest BCUT2D eigenvalue weighted by molar-refractivity contribution is 5.78. The van der Waals surface area contributed by atoms with Crippen molar-refractivity contribution in [3.63, 3.8) is 0 Å². The van der Waals surface area contributed by atoms with Gasteiger partial charge in [0.15, 0.2) is 0 Å². The van der Waals surface area contributed by atoms with Crippen LogP contribution >= 0.6 is 0 Å². The Hall–Kier alpha value is -1.39. The summed E-state index contributed by atoms with van der Waals surface area (Å²) in [7, 11) is 0. The van der Waals surface area contributed by atoms with Crippen molar-refractivity contribution < 1.29 is 4.79 Å². The van der Waals surface area contributed by atoms with Crippen LogP contribution in [0.15, 0.2) is 30.3 Å². The molecule has 0 spiro atoms. The molecule has 2 aliphatic heterocycles. The van der Waals surface area contributed by atoms with E-state index in [9.17, 15) is 4.79 Å². The van der Waals surface area contributed by atoms with Crippen molar-refractivity contribution in [2.75, 3.05) is 32.7 Å². The summed E-state index contributed by atoms with van der Waals surface area (Å²) in [4.78, 5) is 17.0. The van der Waals surface area contributed by atoms with Crippen LogP contribution in [0.3, 0.4) is 0 Å². The van der Waals surface area contributed by atoms with Crippen LogP contribution < -0.4 is 5.73 Å². The quantitative estimate of drug-likeness (QED) is 0.925. The number of benzene rings is 1. The fourth-order valence-electron chi connectivity index (χ4n) is 4.16. The van der Waals surface area contributed by atoms with Crippen LogP contribution in [-0.2, 0) is 4.79 Å². The first kappa shape index (κ1) is 16.5. The highest BCUT2D eigenvalue weighted by Gasteiger charge is 2.34. The van der Waals surface area contributed by atoms with Crippen LogP contribution in [0.4, 0.5) is 0 Å². The van der Waals surface area contributed by atoms with Gasteiger partial charge in [-0.3, -0.25) is 9.69 Å². The molecule has 2 saturated heterocycles. The molecule has 4 nitrogen and oxygen atoms in total. The third-order valence-corrected chi connectivity index (χ3v) is 5.53. The van der Waals surface area contributed by atoms with E-state index in [1.165, 1.54) is 12.0 Å². The van der Waals surface area contributed by atoms with E-state index in [1.54, 1.807) is 0 Å². The van der Waals surface area contributed by atoms with Gasteiger partial charge < -0.3 is 10.6 Å². The van der Waals surface area contributed by atoms with Crippen molar-refractivity contribution in [2.45, 2.75) is 38.1 Å². The Morgan fingerprint density at radius 3 is 2.70 bits per heavy atom. The van der Waals surface area contributed by atoms with Gasteiger partial charge in [0.2, 0.25) is 5.91 Å². The van der Waals surface area contributed by atoms with Crippen LogP contribution in [-0.4, -0.2) is 54.5 Å². The molecule has 3 atom stereocenters. The lowest BCUT2D eigenvalue weighted by Crippen LogP contribution is -2.46. The zero-order chi connectivity index (χ0) is 16.2. The van der Waals surface area contributed by atoms with Gasteiger partial charge in [-0.25, -0.2) is 0 Å². The fourth-order valence-corrected chi connectivity index (χ4v) is 4.16. The van der Waals surface area contributed by atoms with E-state index in [4.69, 9.17) is 5.73 Å². The summed E-state index contributed by atoms with van der Waals surface area (Å²) in [5, 5.41) is 0. The summed E-state index contributed by atoms with van der Waals surface area (Å²) in [6, 6.07) is 11.0. The molecule has 2 aliphatic rings. The van der Waals surface area contributed by atoms with Gasteiger partial charge >= 0.3 is 0 Å². The Morgan fingerprint density at radius 2 is 2.00 bits per heavy atom. The van der Waals surface area contributed by atoms with E-state index < -0.39 is 0 Å². The number of rotatable bonds is 4. The van der Waals surface area contributed by atoms with Crippen LogP contribution in [0, 0.1) is 5.92 Å². The summed E-state index contributed by atoms with van der Waals surface area (Å²) in [6.45, 7) is 6.21. The highest BCUT2D eigenvalue weighted by Crippen LogP contribution is 2.32. The van der Waals surface area contributed by atoms with Gasteiger partial charge in [0.25, 0.3) is 0 Å². The predicted octanol–water partition coefficient (Wildman–Crippen LogP) is 2.06. The average Bonchev–Trinajstić information content (AvgIpc) is 2.99. The number of hydrogen-bond donors (Lipinski definition) is 1. The van der Waals surface area contributed by atoms with Gasteiger partial charge in [-0.2, -0.15) is 0 Å². The molecule has 2 N–H and O–H groups in total. The van der Waals surface area contributed by atoms with Gasteiger partial charge in [0.05, 0.1) is 6.54 Å². The third kappa shape index (κ3) is 3.75. The minimum atomic E-state index is 0.293. The second kappa shape index (κ2) is 7.45. The first-order valence-electron chi connectivity index (χ1n) is 8.96. The van der Waals surface area contributed by atoms with Gasteiger partial charge in [0.1, 0.15) is 0 Å². The number of nitrogens with zero attached hydrogens (tertiary/aromatic N) is 2. The Labute approximate surface area is 139 Å². The molecule has 23 heavy (non-hydrogen) atoms. The average molecular weight is 315 g/mol. The van der Waals surface area contributed by atoms with Crippen molar-refractivity contribution >= 4 is 5.91 Å². The Kier molecular flexibility index (Phi) is 5.34. The maximum atomic E-state index is 12.7. The summed E-state index contributed by atoms with van der Waals surface area (Å²) in [5.41, 5.74) is 7.35. The zero-order valence-electron chi connectivity index (χ0n) is 14.2. The van der Waals surface area contributed by atoms with Gasteiger partial charge in [-0.15, -0.1) is 0 Å². The number of amides is 1. The Balaban J connectivity index is 1.62. The van der Waals surface area contributed by atoms with Gasteiger partial charge in [-0.1, -0.05) is 30.3 Å². The standard InChI is InChI=1S/C19H29N3O/c1-15-7-5-6-10-22(15)19(23)14-21-12-17(11-20)18(13-21)16-8-3-2-4-9-16/h2-4,8-9,15,17-18H,5-7,10-14,20H2,1H3/t15?,17-,18+/m1/s1. The van der Waals surface area contributed by atoms with E-state index in [1.807, 2.05) is 0 Å². The second-order valence-corrected chi connectivity index (χ2v) is 7.14. The van der Waals surface area contributed by atoms with Gasteiger partial charge in [-0.05, 0) is 44.2 Å². The molecule has 1 aromatic carbocycles. The number of likely N-dealkylation sites (tertiary alicyclic amines) is 2. The number of carbonyl (C=O) groups excluding carboxylic acids is 1. The smallest absolute Gasteiger partial charge is 0.236 e. The first-order valence-corrected chi connectivity index (χ1v) is 8.96. The van der Waals surface area contributed by atoms with Crippen LogP contribution in [0.1, 0.15) is 37.7 Å². The molecule has 1 amide bonds. The Morgan fingerprint density at radius 1 is 1.22 bits per heavy atom. The molecule has 2 fully saturated rings. The zero-order valence-corrected chi connectivity index (χ0v) is 14.2. The lowest BCUT2D eigenvalue weighted by Gasteiger charge is -2.34. The summed E-state index contributed by atoms with van der Waals surface area (Å²) in [5.74, 6) is 1.19. The molecular formula is C19H29N3O. The molecule has 0 bridgehead atoms. The molecule has 1 unspecified atom stereocenters. The highest BCUT2D eigenvalue weighted by atomic mass is 16.2. The van der Waals surface area contributed by atoms with Crippen molar-refractivity contribution in [2.24, 2.45) is 11.7 Å². The van der Waals surface area contributed by atoms with E-state index in [2.05, 4.69) is 47.1 Å². The Bertz CT molecular complexity index is 519. The molecule has 0 radical (unpaired) electrons. The van der Waals surface area contributed by atoms with Crippen molar-refractivity contribution in [3.8, 4) is 0 Å². The summed E-state index contributed by atoms with van der Waals surface area (Å²) >= 11 is 0. The van der Waals surface area contributed by atoms with Crippen LogP contribution in [0.25, 0.3) is 0 Å².